The zero-order chi connectivity index (χ0) is 27.6. The van der Waals surface area contributed by atoms with Crippen molar-refractivity contribution in [3.8, 4) is 0 Å². The molecule has 1 fully saturated rings. The first kappa shape index (κ1) is 30.3. The van der Waals surface area contributed by atoms with Crippen molar-refractivity contribution >= 4 is 73.1 Å². The number of carbonyl (C=O) groups excluding carboxylic acids is 7. The minimum absolute atomic E-state index is 0.00385. The Kier molecular flexibility index (Phi) is 11.5. The second-order valence-corrected chi connectivity index (χ2v) is 11.8. The summed E-state index contributed by atoms with van der Waals surface area (Å²) in [5.74, 6) is -4.29. The van der Waals surface area contributed by atoms with Gasteiger partial charge in [-0.05, 0) is 0 Å². The summed E-state index contributed by atoms with van der Waals surface area (Å²) in [6.07, 6.45) is 1.67. The van der Waals surface area contributed by atoms with Crippen LogP contribution in [0.4, 0.5) is 0 Å². The summed E-state index contributed by atoms with van der Waals surface area (Å²) in [7, 11) is -2.39. The Balaban J connectivity index is 1.62. The highest BCUT2D eigenvalue weighted by Gasteiger charge is 2.33. The molecule has 0 aromatic heterocycles. The average Bonchev–Trinajstić information content (AvgIpc) is 3.31. The van der Waals surface area contributed by atoms with Crippen LogP contribution in [0.3, 0.4) is 0 Å². The largest absolute Gasteiger partial charge is 0.354 e. The fourth-order valence-electron chi connectivity index (χ4n) is 2.87. The number of hydrogen-bond donors (Lipinski definition) is 3. The van der Waals surface area contributed by atoms with Crippen LogP contribution in [-0.4, -0.2) is 101 Å². The Morgan fingerprint density at radius 3 is 2.16 bits per heavy atom. The van der Waals surface area contributed by atoms with Crippen molar-refractivity contribution in [1.29, 1.82) is 0 Å². The van der Waals surface area contributed by atoms with Crippen LogP contribution in [0, 0.1) is 0 Å². The molecule has 2 rings (SSSR count). The van der Waals surface area contributed by atoms with Crippen LogP contribution in [0.15, 0.2) is 12.2 Å². The molecular weight excluding hydrogens is 556 g/mol. The maximum atomic E-state index is 12.2. The highest BCUT2D eigenvalue weighted by molar-refractivity contribution is 8.76. The number of nitrogens with zero attached hydrogens (tertiary/aromatic N) is 2. The van der Waals surface area contributed by atoms with Crippen LogP contribution < -0.4 is 10.6 Å². The number of rotatable bonds is 15. The molecule has 0 aromatic rings. The van der Waals surface area contributed by atoms with E-state index in [2.05, 4.69) is 10.6 Å². The van der Waals surface area contributed by atoms with Gasteiger partial charge in [-0.15, -0.1) is 5.06 Å². The standard InChI is InChI=1S/C19H24N4O11S3/c24-13(5-8-22-14(25)1-2-15(22)26)21-11-12(37(31,32)33)19(30)20-7-10-36-35-9-6-18(29)34-23-16(27)3-4-17(23)28/h1-2,12H,3-11H2,(H,20,30)(H,21,24)(H,31,32,33). The monoisotopic (exact) mass is 580 g/mol. The fraction of sp³-hybridized carbons (Fsp3) is 0.526. The van der Waals surface area contributed by atoms with E-state index in [1.807, 2.05) is 0 Å². The van der Waals surface area contributed by atoms with Gasteiger partial charge in [-0.3, -0.25) is 38.2 Å². The molecule has 1 saturated heterocycles. The highest BCUT2D eigenvalue weighted by atomic mass is 33.1. The molecule has 2 aliphatic heterocycles. The zero-order valence-corrected chi connectivity index (χ0v) is 21.7. The number of imide groups is 2. The third kappa shape index (κ3) is 9.78. The van der Waals surface area contributed by atoms with E-state index in [4.69, 9.17) is 4.84 Å². The molecule has 1 unspecified atom stereocenters. The van der Waals surface area contributed by atoms with Gasteiger partial charge in [0.25, 0.3) is 33.7 Å². The summed E-state index contributed by atoms with van der Waals surface area (Å²) in [6.45, 7) is -0.958. The Morgan fingerprint density at radius 1 is 0.973 bits per heavy atom. The molecule has 3 N–H and O–H groups in total. The van der Waals surface area contributed by atoms with Gasteiger partial charge in [-0.2, -0.15) is 8.42 Å². The lowest BCUT2D eigenvalue weighted by molar-refractivity contribution is -0.197. The summed E-state index contributed by atoms with van der Waals surface area (Å²) in [5, 5.41) is 2.97. The van der Waals surface area contributed by atoms with Crippen molar-refractivity contribution in [2.75, 3.05) is 31.1 Å². The van der Waals surface area contributed by atoms with Gasteiger partial charge >= 0.3 is 5.97 Å². The van der Waals surface area contributed by atoms with Crippen LogP contribution in [0.25, 0.3) is 0 Å². The lowest BCUT2D eigenvalue weighted by atomic mass is 10.3. The minimum atomic E-state index is -4.86. The van der Waals surface area contributed by atoms with Crippen molar-refractivity contribution in [3.05, 3.63) is 12.2 Å². The van der Waals surface area contributed by atoms with Crippen LogP contribution in [0.5, 0.6) is 0 Å². The third-order valence-electron chi connectivity index (χ3n) is 4.76. The molecule has 2 aliphatic rings. The van der Waals surface area contributed by atoms with E-state index < -0.39 is 63.3 Å². The molecule has 204 valence electrons. The maximum Gasteiger partial charge on any atom is 0.334 e. The molecule has 15 nitrogen and oxygen atoms in total. The third-order valence-corrected chi connectivity index (χ3v) is 8.26. The molecular formula is C19H24N4O11S3. The second kappa shape index (κ2) is 14.1. The lowest BCUT2D eigenvalue weighted by Crippen LogP contribution is -2.47. The first-order valence-corrected chi connectivity index (χ1v) is 14.7. The summed E-state index contributed by atoms with van der Waals surface area (Å²) < 4.78 is 32.5. The predicted molar refractivity (Wildman–Crippen MR) is 129 cm³/mol. The van der Waals surface area contributed by atoms with Crippen molar-refractivity contribution < 1.29 is 51.4 Å². The van der Waals surface area contributed by atoms with Gasteiger partial charge < -0.3 is 15.5 Å². The molecule has 0 radical (unpaired) electrons. The number of carbonyl (C=O) groups is 7. The molecule has 1 atom stereocenters. The lowest BCUT2D eigenvalue weighted by Gasteiger charge is -2.16. The van der Waals surface area contributed by atoms with E-state index in [9.17, 15) is 46.5 Å². The van der Waals surface area contributed by atoms with Gasteiger partial charge in [-0.25, -0.2) is 4.79 Å². The van der Waals surface area contributed by atoms with Crippen molar-refractivity contribution in [2.45, 2.75) is 30.9 Å². The smallest absolute Gasteiger partial charge is 0.334 e. The van der Waals surface area contributed by atoms with E-state index in [1.165, 1.54) is 21.6 Å². The molecule has 0 saturated carbocycles. The molecule has 0 bridgehead atoms. The Morgan fingerprint density at radius 2 is 1.57 bits per heavy atom. The first-order chi connectivity index (χ1) is 17.4. The Labute approximate surface area is 219 Å². The molecule has 0 aliphatic carbocycles. The average molecular weight is 581 g/mol. The topological polar surface area (TPSA) is 214 Å². The van der Waals surface area contributed by atoms with E-state index in [0.29, 0.717) is 10.8 Å². The second-order valence-electron chi connectivity index (χ2n) is 7.45. The van der Waals surface area contributed by atoms with Gasteiger partial charge in [0.15, 0.2) is 5.25 Å². The van der Waals surface area contributed by atoms with Crippen molar-refractivity contribution in [1.82, 2.24) is 20.6 Å². The Hall–Kier alpha value is -2.96. The number of hydrogen-bond acceptors (Lipinski definition) is 12. The molecule has 37 heavy (non-hydrogen) atoms. The number of nitrogens with one attached hydrogen (secondary N) is 2. The van der Waals surface area contributed by atoms with E-state index >= 15 is 0 Å². The fourth-order valence-corrected chi connectivity index (χ4v) is 5.40. The molecule has 0 spiro atoms. The van der Waals surface area contributed by atoms with Crippen LogP contribution in [0.2, 0.25) is 0 Å². The zero-order valence-electron chi connectivity index (χ0n) is 19.2. The Bertz CT molecular complexity index is 1060. The molecule has 0 aromatic carbocycles. The van der Waals surface area contributed by atoms with Gasteiger partial charge in [0.2, 0.25) is 11.8 Å². The summed E-state index contributed by atoms with van der Waals surface area (Å²) in [5.41, 5.74) is 0. The minimum Gasteiger partial charge on any atom is -0.354 e. The highest BCUT2D eigenvalue weighted by Crippen LogP contribution is 2.22. The van der Waals surface area contributed by atoms with E-state index in [-0.39, 0.29) is 44.5 Å². The molecule has 6 amide bonds. The summed E-state index contributed by atoms with van der Waals surface area (Å²) in [4.78, 5) is 87.1. The van der Waals surface area contributed by atoms with Crippen LogP contribution >= 0.6 is 21.6 Å². The number of hydroxylamine groups is 2. The molecule has 18 heteroatoms. The molecule has 2 heterocycles. The van der Waals surface area contributed by atoms with Crippen molar-refractivity contribution in [3.63, 3.8) is 0 Å². The summed E-state index contributed by atoms with van der Waals surface area (Å²) in [6, 6.07) is 0. The first-order valence-electron chi connectivity index (χ1n) is 10.8. The van der Waals surface area contributed by atoms with E-state index in [1.54, 1.807) is 0 Å². The van der Waals surface area contributed by atoms with Gasteiger partial charge in [0, 0.05) is 62.6 Å². The maximum absolute atomic E-state index is 12.2. The summed E-state index contributed by atoms with van der Waals surface area (Å²) >= 11 is 0. The van der Waals surface area contributed by atoms with E-state index in [0.717, 1.165) is 17.1 Å². The normalized spacial score (nSPS) is 16.4. The quantitative estimate of drug-likeness (QED) is 0.0842. The number of amides is 6. The van der Waals surface area contributed by atoms with Crippen LogP contribution in [-0.2, 0) is 48.5 Å². The van der Waals surface area contributed by atoms with Crippen LogP contribution in [0.1, 0.15) is 25.7 Å². The van der Waals surface area contributed by atoms with Gasteiger partial charge in [0.05, 0.1) is 6.42 Å². The van der Waals surface area contributed by atoms with Gasteiger partial charge in [0.1, 0.15) is 0 Å². The van der Waals surface area contributed by atoms with Crippen molar-refractivity contribution in [2.24, 2.45) is 0 Å². The van der Waals surface area contributed by atoms with Gasteiger partial charge in [-0.1, -0.05) is 21.6 Å². The SMILES string of the molecule is O=C(CCN1C(=O)C=CC1=O)NCC(C(=O)NCCSSCCC(=O)ON1C(=O)CCC1=O)S(=O)(=O)O. The predicted octanol–water partition coefficient (Wildman–Crippen LogP) is -1.83.